The van der Waals surface area contributed by atoms with Crippen LogP contribution in [-0.4, -0.2) is 24.0 Å². The summed E-state index contributed by atoms with van der Waals surface area (Å²) < 4.78 is 0. The van der Waals surface area contributed by atoms with Gasteiger partial charge in [-0.3, -0.25) is 0 Å². The summed E-state index contributed by atoms with van der Waals surface area (Å²) in [6.07, 6.45) is 1.35. The molecule has 0 saturated carbocycles. The number of hydrogen-bond donors (Lipinski definition) is 3. The molecule has 0 spiro atoms. The van der Waals surface area contributed by atoms with Gasteiger partial charge in [-0.25, -0.2) is 0 Å². The van der Waals surface area contributed by atoms with Crippen molar-refractivity contribution in [3.63, 3.8) is 0 Å². The van der Waals surface area contributed by atoms with E-state index < -0.39 is 12.1 Å². The fourth-order valence-electron chi connectivity index (χ4n) is 1.19. The van der Waals surface area contributed by atoms with E-state index in [-0.39, 0.29) is 6.54 Å². The van der Waals surface area contributed by atoms with Gasteiger partial charge in [-0.05, 0) is 24.0 Å². The van der Waals surface area contributed by atoms with Crippen LogP contribution in [0.4, 0.5) is 0 Å². The summed E-state index contributed by atoms with van der Waals surface area (Å²) in [5, 5.41) is 9.45. The molecule has 0 aliphatic rings. The number of hydrogen-bond acceptors (Lipinski definition) is 4. The standard InChI is InChI=1S/C10H16N2OS/c1-14-8-4-2-7(3-5-8)10(12)9(13)6-11/h2-5,9-10,13H,6,11-12H2,1H3. The van der Waals surface area contributed by atoms with Crippen LogP contribution < -0.4 is 11.5 Å². The average Bonchev–Trinajstić information content (AvgIpc) is 2.27. The summed E-state index contributed by atoms with van der Waals surface area (Å²) in [5.74, 6) is 0. The van der Waals surface area contributed by atoms with Crippen LogP contribution in [0.1, 0.15) is 11.6 Å². The van der Waals surface area contributed by atoms with E-state index in [4.69, 9.17) is 11.5 Å². The van der Waals surface area contributed by atoms with Crippen molar-refractivity contribution < 1.29 is 5.11 Å². The summed E-state index contributed by atoms with van der Waals surface area (Å²) in [5.41, 5.74) is 12.1. The van der Waals surface area contributed by atoms with Crippen molar-refractivity contribution >= 4 is 11.8 Å². The van der Waals surface area contributed by atoms with Crippen molar-refractivity contribution in [3.8, 4) is 0 Å². The monoisotopic (exact) mass is 212 g/mol. The molecule has 0 radical (unpaired) electrons. The zero-order chi connectivity index (χ0) is 10.6. The molecule has 0 heterocycles. The highest BCUT2D eigenvalue weighted by atomic mass is 32.2. The van der Waals surface area contributed by atoms with Crippen LogP contribution in [0, 0.1) is 0 Å². The van der Waals surface area contributed by atoms with Crippen molar-refractivity contribution in [3.05, 3.63) is 29.8 Å². The van der Waals surface area contributed by atoms with Gasteiger partial charge in [0.05, 0.1) is 12.1 Å². The Bertz CT molecular complexity index is 276. The third-order valence-corrected chi connectivity index (χ3v) is 2.90. The molecule has 0 amide bonds. The molecule has 1 aromatic rings. The van der Waals surface area contributed by atoms with Gasteiger partial charge in [-0.15, -0.1) is 11.8 Å². The molecule has 0 fully saturated rings. The fraction of sp³-hybridized carbons (Fsp3) is 0.400. The molecule has 14 heavy (non-hydrogen) atoms. The van der Waals surface area contributed by atoms with E-state index in [0.717, 1.165) is 5.56 Å². The molecule has 0 saturated heterocycles. The second-order valence-electron chi connectivity index (χ2n) is 3.10. The first kappa shape index (κ1) is 11.5. The SMILES string of the molecule is CSc1ccc(C(N)C(O)CN)cc1. The molecular weight excluding hydrogens is 196 g/mol. The van der Waals surface area contributed by atoms with Gasteiger partial charge < -0.3 is 16.6 Å². The highest BCUT2D eigenvalue weighted by molar-refractivity contribution is 7.98. The van der Waals surface area contributed by atoms with Crippen LogP contribution in [-0.2, 0) is 0 Å². The number of rotatable bonds is 4. The predicted molar refractivity (Wildman–Crippen MR) is 60.2 cm³/mol. The molecule has 0 aliphatic carbocycles. The van der Waals surface area contributed by atoms with E-state index in [1.165, 1.54) is 4.90 Å². The Morgan fingerprint density at radius 3 is 2.36 bits per heavy atom. The lowest BCUT2D eigenvalue weighted by molar-refractivity contribution is 0.153. The lowest BCUT2D eigenvalue weighted by Crippen LogP contribution is -2.32. The van der Waals surface area contributed by atoms with Gasteiger partial charge in [0.1, 0.15) is 0 Å². The quantitative estimate of drug-likeness (QED) is 0.643. The Labute approximate surface area is 88.5 Å². The largest absolute Gasteiger partial charge is 0.390 e. The van der Waals surface area contributed by atoms with E-state index in [2.05, 4.69) is 0 Å². The summed E-state index contributed by atoms with van der Waals surface area (Å²) in [6, 6.07) is 7.44. The Morgan fingerprint density at radius 1 is 1.36 bits per heavy atom. The minimum absolute atomic E-state index is 0.186. The minimum atomic E-state index is -0.671. The minimum Gasteiger partial charge on any atom is -0.390 e. The zero-order valence-corrected chi connectivity index (χ0v) is 9.00. The van der Waals surface area contributed by atoms with Gasteiger partial charge >= 0.3 is 0 Å². The van der Waals surface area contributed by atoms with Crippen molar-refractivity contribution in [1.82, 2.24) is 0 Å². The molecule has 2 unspecified atom stereocenters. The van der Waals surface area contributed by atoms with E-state index in [9.17, 15) is 5.11 Å². The first-order valence-corrected chi connectivity index (χ1v) is 5.69. The van der Waals surface area contributed by atoms with Gasteiger partial charge in [-0.1, -0.05) is 12.1 Å². The van der Waals surface area contributed by atoms with Gasteiger partial charge in [0.2, 0.25) is 0 Å². The highest BCUT2D eigenvalue weighted by Crippen LogP contribution is 2.19. The maximum atomic E-state index is 9.45. The lowest BCUT2D eigenvalue weighted by atomic mass is 10.0. The third-order valence-electron chi connectivity index (χ3n) is 2.16. The molecule has 3 nitrogen and oxygen atoms in total. The molecule has 4 heteroatoms. The third kappa shape index (κ3) is 2.72. The maximum absolute atomic E-state index is 9.45. The van der Waals surface area contributed by atoms with E-state index in [1.54, 1.807) is 11.8 Å². The van der Waals surface area contributed by atoms with E-state index in [1.807, 2.05) is 30.5 Å². The van der Waals surface area contributed by atoms with Crippen molar-refractivity contribution in [2.75, 3.05) is 12.8 Å². The maximum Gasteiger partial charge on any atom is 0.0854 e. The average molecular weight is 212 g/mol. The summed E-state index contributed by atoms with van der Waals surface area (Å²) in [4.78, 5) is 1.18. The summed E-state index contributed by atoms with van der Waals surface area (Å²) in [7, 11) is 0. The Kier molecular flexibility index (Phi) is 4.41. The van der Waals surface area contributed by atoms with Gasteiger partial charge in [0.15, 0.2) is 0 Å². The first-order chi connectivity index (χ1) is 6.69. The first-order valence-electron chi connectivity index (χ1n) is 4.46. The normalized spacial score (nSPS) is 15.1. The topological polar surface area (TPSA) is 72.3 Å². The Hall–Kier alpha value is -0.550. The second-order valence-corrected chi connectivity index (χ2v) is 3.98. The van der Waals surface area contributed by atoms with Gasteiger partial charge in [0.25, 0.3) is 0 Å². The Morgan fingerprint density at radius 2 is 1.93 bits per heavy atom. The van der Waals surface area contributed by atoms with Crippen LogP contribution in [0.3, 0.4) is 0 Å². The number of aliphatic hydroxyl groups is 1. The highest BCUT2D eigenvalue weighted by Gasteiger charge is 2.14. The van der Waals surface area contributed by atoms with Crippen LogP contribution in [0.15, 0.2) is 29.2 Å². The van der Waals surface area contributed by atoms with Crippen molar-refractivity contribution in [2.24, 2.45) is 11.5 Å². The zero-order valence-electron chi connectivity index (χ0n) is 8.18. The van der Waals surface area contributed by atoms with Crippen LogP contribution in [0.5, 0.6) is 0 Å². The second kappa shape index (κ2) is 5.36. The lowest BCUT2D eigenvalue weighted by Gasteiger charge is -2.17. The number of aliphatic hydroxyl groups excluding tert-OH is 1. The molecule has 2 atom stereocenters. The molecule has 1 aromatic carbocycles. The Balaban J connectivity index is 2.75. The van der Waals surface area contributed by atoms with Crippen molar-refractivity contribution in [1.29, 1.82) is 0 Å². The molecule has 0 aliphatic heterocycles. The molecule has 0 aromatic heterocycles. The van der Waals surface area contributed by atoms with Crippen LogP contribution >= 0.6 is 11.8 Å². The van der Waals surface area contributed by atoms with Gasteiger partial charge in [0, 0.05) is 11.4 Å². The number of benzene rings is 1. The van der Waals surface area contributed by atoms with Gasteiger partial charge in [-0.2, -0.15) is 0 Å². The fourth-order valence-corrected chi connectivity index (χ4v) is 1.60. The molecule has 0 bridgehead atoms. The van der Waals surface area contributed by atoms with Crippen LogP contribution in [0.25, 0.3) is 0 Å². The molecular formula is C10H16N2OS. The number of nitrogens with two attached hydrogens (primary N) is 2. The molecule has 1 rings (SSSR count). The number of thioether (sulfide) groups is 1. The van der Waals surface area contributed by atoms with E-state index >= 15 is 0 Å². The summed E-state index contributed by atoms with van der Waals surface area (Å²) >= 11 is 1.68. The van der Waals surface area contributed by atoms with Crippen molar-refractivity contribution in [2.45, 2.75) is 17.0 Å². The van der Waals surface area contributed by atoms with E-state index in [0.29, 0.717) is 0 Å². The smallest absolute Gasteiger partial charge is 0.0854 e. The molecule has 78 valence electrons. The van der Waals surface area contributed by atoms with Crippen LogP contribution in [0.2, 0.25) is 0 Å². The molecule has 5 N–H and O–H groups in total. The summed E-state index contributed by atoms with van der Waals surface area (Å²) in [6.45, 7) is 0.186. The predicted octanol–water partition coefficient (Wildman–Crippen LogP) is 0.728.